The van der Waals surface area contributed by atoms with E-state index in [0.717, 1.165) is 16.0 Å². The van der Waals surface area contributed by atoms with Gasteiger partial charge in [0.05, 0.1) is 23.0 Å². The van der Waals surface area contributed by atoms with Gasteiger partial charge in [-0.1, -0.05) is 18.2 Å². The summed E-state index contributed by atoms with van der Waals surface area (Å²) in [6.45, 7) is 3.55. The van der Waals surface area contributed by atoms with Crippen molar-refractivity contribution in [2.45, 2.75) is 26.2 Å². The molecule has 3 rings (SSSR count). The van der Waals surface area contributed by atoms with Crippen LogP contribution in [0.1, 0.15) is 33.2 Å². The summed E-state index contributed by atoms with van der Waals surface area (Å²) in [6, 6.07) is 8.49. The Morgan fingerprint density at radius 2 is 2.06 bits per heavy atom. The second-order valence-corrected chi connectivity index (χ2v) is 7.20. The molecule has 2 nitrogen and oxygen atoms in total. The number of thiophene rings is 1. The molecule has 0 saturated heterocycles. The summed E-state index contributed by atoms with van der Waals surface area (Å²) in [5.74, 6) is 0. The molecule has 4 heteroatoms. The third-order valence-corrected chi connectivity index (χ3v) is 4.94. The molecule has 2 heterocycles. The zero-order chi connectivity index (χ0) is 12.7. The van der Waals surface area contributed by atoms with Crippen LogP contribution in [0.25, 0.3) is 0 Å². The number of benzene rings is 1. The molecule has 1 aliphatic rings. The van der Waals surface area contributed by atoms with Gasteiger partial charge in [0.25, 0.3) is 0 Å². The second-order valence-electron chi connectivity index (χ2n) is 4.56. The molecule has 18 heavy (non-hydrogen) atoms. The van der Waals surface area contributed by atoms with Gasteiger partial charge >= 0.3 is 0 Å². The number of ether oxygens (including phenoxy) is 1. The highest BCUT2D eigenvalue weighted by Crippen LogP contribution is 2.33. The number of hydrogen-bond acceptors (Lipinski definition) is 3. The molecule has 0 radical (unpaired) electrons. The lowest BCUT2D eigenvalue weighted by atomic mass is 9.97. The predicted molar refractivity (Wildman–Crippen MR) is 77.7 cm³/mol. The quantitative estimate of drug-likeness (QED) is 0.909. The summed E-state index contributed by atoms with van der Waals surface area (Å²) >= 11 is 5.25. The molecule has 0 fully saturated rings. The van der Waals surface area contributed by atoms with Crippen molar-refractivity contribution >= 4 is 27.3 Å². The fraction of sp³-hybridized carbons (Fsp3) is 0.286. The van der Waals surface area contributed by atoms with Crippen LogP contribution in [0.15, 0.2) is 28.1 Å². The van der Waals surface area contributed by atoms with E-state index in [2.05, 4.69) is 47.1 Å². The summed E-state index contributed by atoms with van der Waals surface area (Å²) in [5, 5.41) is 0. The highest BCUT2D eigenvalue weighted by Gasteiger charge is 2.17. The monoisotopic (exact) mass is 323 g/mol. The maximum Gasteiger partial charge on any atom is 0.0725 e. The van der Waals surface area contributed by atoms with Gasteiger partial charge < -0.3 is 10.5 Å². The fourth-order valence-corrected chi connectivity index (χ4v) is 4.09. The lowest BCUT2D eigenvalue weighted by molar-refractivity contribution is 0.134. The third kappa shape index (κ3) is 2.14. The molecule has 0 amide bonds. The van der Waals surface area contributed by atoms with Crippen LogP contribution in [0.5, 0.6) is 0 Å². The van der Waals surface area contributed by atoms with Gasteiger partial charge in [0.1, 0.15) is 0 Å². The topological polar surface area (TPSA) is 35.2 Å². The van der Waals surface area contributed by atoms with Crippen LogP contribution >= 0.6 is 27.3 Å². The minimum atomic E-state index is -0.0570. The minimum absolute atomic E-state index is 0.0570. The molecular formula is C14H14BrNOS. The number of hydrogen-bond donors (Lipinski definition) is 1. The van der Waals surface area contributed by atoms with Crippen molar-refractivity contribution < 1.29 is 4.74 Å². The first-order valence-electron chi connectivity index (χ1n) is 5.86. The molecule has 0 saturated carbocycles. The van der Waals surface area contributed by atoms with E-state index in [4.69, 9.17) is 10.5 Å². The van der Waals surface area contributed by atoms with Gasteiger partial charge in [-0.05, 0) is 51.2 Å². The zero-order valence-electron chi connectivity index (χ0n) is 10.1. The predicted octanol–water partition coefficient (Wildman–Crippen LogP) is 3.90. The van der Waals surface area contributed by atoms with Crippen LogP contribution in [-0.4, -0.2) is 0 Å². The number of rotatable bonds is 2. The van der Waals surface area contributed by atoms with Crippen LogP contribution in [-0.2, 0) is 18.0 Å². The number of halogens is 1. The zero-order valence-corrected chi connectivity index (χ0v) is 12.5. The largest absolute Gasteiger partial charge is 0.372 e. The summed E-state index contributed by atoms with van der Waals surface area (Å²) in [5.41, 5.74) is 11.3. The molecule has 1 unspecified atom stereocenters. The van der Waals surface area contributed by atoms with E-state index in [1.807, 2.05) is 0 Å². The highest BCUT2D eigenvalue weighted by atomic mass is 79.9. The SMILES string of the molecule is Cc1sc(Br)cc1C(N)c1ccc2c(c1)COC2. The average molecular weight is 324 g/mol. The molecule has 1 aromatic carbocycles. The van der Waals surface area contributed by atoms with Crippen molar-refractivity contribution in [1.82, 2.24) is 0 Å². The third-order valence-electron chi connectivity index (χ3n) is 3.37. The van der Waals surface area contributed by atoms with Crippen molar-refractivity contribution in [3.63, 3.8) is 0 Å². The van der Waals surface area contributed by atoms with Gasteiger partial charge in [-0.3, -0.25) is 0 Å². The first-order valence-corrected chi connectivity index (χ1v) is 7.47. The molecular weight excluding hydrogens is 310 g/mol. The minimum Gasteiger partial charge on any atom is -0.372 e. The van der Waals surface area contributed by atoms with Gasteiger partial charge in [-0.25, -0.2) is 0 Å². The van der Waals surface area contributed by atoms with Crippen LogP contribution in [0.3, 0.4) is 0 Å². The fourth-order valence-electron chi connectivity index (χ4n) is 2.33. The Morgan fingerprint density at radius 3 is 2.78 bits per heavy atom. The van der Waals surface area contributed by atoms with Crippen LogP contribution in [0, 0.1) is 6.92 Å². The maximum atomic E-state index is 6.37. The van der Waals surface area contributed by atoms with Gasteiger partial charge in [-0.15, -0.1) is 11.3 Å². The van der Waals surface area contributed by atoms with Crippen molar-refractivity contribution in [1.29, 1.82) is 0 Å². The number of aryl methyl sites for hydroxylation is 1. The van der Waals surface area contributed by atoms with E-state index in [1.54, 1.807) is 11.3 Å². The Labute approximate surface area is 119 Å². The lowest BCUT2D eigenvalue weighted by Crippen LogP contribution is -2.12. The normalized spacial score (nSPS) is 15.7. The summed E-state index contributed by atoms with van der Waals surface area (Å²) < 4.78 is 6.57. The van der Waals surface area contributed by atoms with E-state index in [-0.39, 0.29) is 6.04 Å². The van der Waals surface area contributed by atoms with E-state index < -0.39 is 0 Å². The van der Waals surface area contributed by atoms with Gasteiger partial charge in [0, 0.05) is 4.88 Å². The Kier molecular flexibility index (Phi) is 3.28. The Hall–Kier alpha value is -0.680. The van der Waals surface area contributed by atoms with E-state index in [9.17, 15) is 0 Å². The Balaban J connectivity index is 1.97. The summed E-state index contributed by atoms with van der Waals surface area (Å²) in [7, 11) is 0. The molecule has 0 spiro atoms. The molecule has 0 bridgehead atoms. The number of fused-ring (bicyclic) bond motifs is 1. The molecule has 2 aromatic rings. The molecule has 1 aliphatic heterocycles. The number of nitrogens with two attached hydrogens (primary N) is 1. The van der Waals surface area contributed by atoms with Crippen LogP contribution in [0.4, 0.5) is 0 Å². The van der Waals surface area contributed by atoms with Gasteiger partial charge in [-0.2, -0.15) is 0 Å². The van der Waals surface area contributed by atoms with Gasteiger partial charge in [0.15, 0.2) is 0 Å². The van der Waals surface area contributed by atoms with Crippen molar-refractivity contribution in [2.24, 2.45) is 5.73 Å². The molecule has 94 valence electrons. The summed E-state index contributed by atoms with van der Waals surface area (Å²) in [6.07, 6.45) is 0. The van der Waals surface area contributed by atoms with Crippen molar-refractivity contribution in [2.75, 3.05) is 0 Å². The van der Waals surface area contributed by atoms with E-state index in [1.165, 1.54) is 21.6 Å². The highest BCUT2D eigenvalue weighted by molar-refractivity contribution is 9.11. The molecule has 0 aliphatic carbocycles. The second kappa shape index (κ2) is 4.78. The lowest BCUT2D eigenvalue weighted by Gasteiger charge is -2.13. The smallest absolute Gasteiger partial charge is 0.0725 e. The summed E-state index contributed by atoms with van der Waals surface area (Å²) in [4.78, 5) is 1.27. The van der Waals surface area contributed by atoms with Crippen LogP contribution < -0.4 is 5.73 Å². The first kappa shape index (κ1) is 12.4. The van der Waals surface area contributed by atoms with Crippen molar-refractivity contribution in [3.05, 3.63) is 55.2 Å². The van der Waals surface area contributed by atoms with Gasteiger partial charge in [0.2, 0.25) is 0 Å². The Bertz CT molecular complexity index is 593. The molecule has 1 aromatic heterocycles. The van der Waals surface area contributed by atoms with E-state index >= 15 is 0 Å². The van der Waals surface area contributed by atoms with Crippen molar-refractivity contribution in [3.8, 4) is 0 Å². The van der Waals surface area contributed by atoms with E-state index in [0.29, 0.717) is 6.61 Å². The average Bonchev–Trinajstić information content (AvgIpc) is 2.93. The molecule has 1 atom stereocenters. The van der Waals surface area contributed by atoms with Crippen LogP contribution in [0.2, 0.25) is 0 Å². The molecule has 2 N–H and O–H groups in total. The maximum absolute atomic E-state index is 6.37. The Morgan fingerprint density at radius 1 is 1.28 bits per heavy atom. The standard InChI is InChI=1S/C14H14BrNOS/c1-8-12(5-13(15)18-8)14(16)9-2-3-10-6-17-7-11(10)4-9/h2-5,14H,6-7,16H2,1H3. The first-order chi connectivity index (χ1) is 8.65.